The fraction of sp³-hybridized carbons (Fsp3) is 0.517. The Morgan fingerprint density at radius 1 is 1.05 bits per heavy atom. The van der Waals surface area contributed by atoms with Gasteiger partial charge in [0, 0.05) is 30.7 Å². The van der Waals surface area contributed by atoms with Gasteiger partial charge in [0.15, 0.2) is 0 Å². The maximum atomic E-state index is 13.7. The number of hydrogen-bond donors (Lipinski definition) is 2. The average Bonchev–Trinajstić information content (AvgIpc) is 3.73. The van der Waals surface area contributed by atoms with E-state index in [4.69, 9.17) is 21.5 Å². The molecule has 2 aromatic carbocycles. The fourth-order valence-corrected chi connectivity index (χ4v) is 8.06. The van der Waals surface area contributed by atoms with Crippen LogP contribution < -0.4 is 0 Å². The molecule has 3 aliphatic rings. The van der Waals surface area contributed by atoms with Gasteiger partial charge in [-0.15, -0.1) is 0 Å². The number of carbonyl (C=O) groups is 4. The number of fused-ring (bicyclic) bond motifs is 1. The van der Waals surface area contributed by atoms with E-state index in [1.54, 1.807) is 31.2 Å². The van der Waals surface area contributed by atoms with Crippen LogP contribution in [0, 0.1) is 0 Å². The van der Waals surface area contributed by atoms with Crippen LogP contribution in [0.15, 0.2) is 41.3 Å². The second-order valence-electron chi connectivity index (χ2n) is 11.1. The number of halogens is 1. The van der Waals surface area contributed by atoms with Crippen molar-refractivity contribution in [2.24, 2.45) is 0 Å². The molecule has 2 N–H and O–H groups in total. The first-order chi connectivity index (χ1) is 20.5. The smallest absolute Gasteiger partial charge is 0.318 e. The summed E-state index contributed by atoms with van der Waals surface area (Å²) in [4.78, 5) is 52.9. The van der Waals surface area contributed by atoms with Crippen LogP contribution in [0.5, 0.6) is 0 Å². The number of amides is 2. The Balaban J connectivity index is 0.00000135. The standard InChI is InChI=1S/C28H35ClN4O6S.CH2O2/c1-19(27(36)32-13-4-5-23(32)17-30-11-2-3-12-30)31-14-10-25(28(31)37)33(18-26(34)35)40(38,39)24-9-7-20-15-22(29)8-6-21(20)16-24;2-1-3/h6-9,15-16,19,23,25H,2-5,10-14,17-18H2,1H3,(H,34,35);1H,(H,2,3). The monoisotopic (exact) mass is 636 g/mol. The highest BCUT2D eigenvalue weighted by Gasteiger charge is 2.46. The van der Waals surface area contributed by atoms with Crippen molar-refractivity contribution in [3.63, 3.8) is 0 Å². The first-order valence-corrected chi connectivity index (χ1v) is 16.1. The summed E-state index contributed by atoms with van der Waals surface area (Å²) in [5.41, 5.74) is 0. The Hall–Kier alpha value is -3.26. The normalized spacial score (nSPS) is 21.7. The number of likely N-dealkylation sites (tertiary alicyclic amines) is 3. The van der Waals surface area contributed by atoms with Crippen LogP contribution >= 0.6 is 11.6 Å². The second-order valence-corrected chi connectivity index (χ2v) is 13.4. The summed E-state index contributed by atoms with van der Waals surface area (Å²) in [6.07, 6.45) is 4.28. The minimum Gasteiger partial charge on any atom is -0.483 e. The molecule has 43 heavy (non-hydrogen) atoms. The fourth-order valence-electron chi connectivity index (χ4n) is 6.28. The minimum atomic E-state index is -4.35. The molecule has 0 radical (unpaired) electrons. The van der Waals surface area contributed by atoms with Gasteiger partial charge in [-0.1, -0.05) is 23.7 Å². The van der Waals surface area contributed by atoms with Crippen LogP contribution in [-0.4, -0.2) is 119 Å². The van der Waals surface area contributed by atoms with Gasteiger partial charge in [0.05, 0.1) is 4.90 Å². The summed E-state index contributed by atoms with van der Waals surface area (Å²) < 4.78 is 28.2. The zero-order valence-electron chi connectivity index (χ0n) is 24.0. The Bertz CT molecular complexity index is 1470. The van der Waals surface area contributed by atoms with E-state index in [0.29, 0.717) is 17.0 Å². The van der Waals surface area contributed by atoms with Gasteiger partial charge in [-0.2, -0.15) is 4.31 Å². The molecule has 14 heteroatoms. The van der Waals surface area contributed by atoms with Crippen LogP contribution in [0.25, 0.3) is 10.8 Å². The number of carboxylic acids is 1. The summed E-state index contributed by atoms with van der Waals surface area (Å²) in [6, 6.07) is 7.60. The topological polar surface area (TPSA) is 156 Å². The van der Waals surface area contributed by atoms with Gasteiger partial charge in [-0.25, -0.2) is 8.42 Å². The number of nitrogens with zero attached hydrogens (tertiary/aromatic N) is 4. The van der Waals surface area contributed by atoms with Gasteiger partial charge in [0.1, 0.15) is 18.6 Å². The van der Waals surface area contributed by atoms with Gasteiger partial charge in [-0.3, -0.25) is 19.2 Å². The lowest BCUT2D eigenvalue weighted by Crippen LogP contribution is -2.53. The lowest BCUT2D eigenvalue weighted by atomic mass is 10.1. The molecule has 3 fully saturated rings. The third-order valence-corrected chi connectivity index (χ3v) is 10.5. The number of hydrogen-bond acceptors (Lipinski definition) is 7. The highest BCUT2D eigenvalue weighted by Crippen LogP contribution is 2.30. The van der Waals surface area contributed by atoms with Crippen molar-refractivity contribution < 1.29 is 37.8 Å². The van der Waals surface area contributed by atoms with E-state index >= 15 is 0 Å². The van der Waals surface area contributed by atoms with Crippen molar-refractivity contribution in [1.29, 1.82) is 0 Å². The van der Waals surface area contributed by atoms with Gasteiger partial charge in [-0.05, 0) is 87.2 Å². The second kappa shape index (κ2) is 14.0. The SMILES string of the molecule is CC(C(=O)N1CCCC1CN1CCCC1)N1CCC(N(CC(=O)O)S(=O)(=O)c2ccc3cc(Cl)ccc3c2)C1=O.O=CO. The van der Waals surface area contributed by atoms with Crippen molar-refractivity contribution >= 4 is 56.7 Å². The first-order valence-electron chi connectivity index (χ1n) is 14.3. The summed E-state index contributed by atoms with van der Waals surface area (Å²) in [5.74, 6) is -2.06. The molecule has 2 aromatic rings. The van der Waals surface area contributed by atoms with Crippen molar-refractivity contribution in [2.75, 3.05) is 39.3 Å². The third-order valence-electron chi connectivity index (χ3n) is 8.38. The molecule has 0 aliphatic carbocycles. The number of rotatable bonds is 9. The highest BCUT2D eigenvalue weighted by atomic mass is 35.5. The Morgan fingerprint density at radius 3 is 2.37 bits per heavy atom. The van der Waals surface area contributed by atoms with Crippen LogP contribution in [0.3, 0.4) is 0 Å². The van der Waals surface area contributed by atoms with Gasteiger partial charge >= 0.3 is 5.97 Å². The highest BCUT2D eigenvalue weighted by molar-refractivity contribution is 7.89. The molecule has 0 spiro atoms. The van der Waals surface area contributed by atoms with Crippen molar-refractivity contribution in [2.45, 2.75) is 62.0 Å². The molecule has 3 atom stereocenters. The Kier molecular flexibility index (Phi) is 10.6. The predicted molar refractivity (Wildman–Crippen MR) is 159 cm³/mol. The van der Waals surface area contributed by atoms with E-state index in [1.165, 1.54) is 29.9 Å². The molecule has 12 nitrogen and oxygen atoms in total. The molecule has 3 heterocycles. The van der Waals surface area contributed by atoms with Crippen LogP contribution in [-0.2, 0) is 29.2 Å². The molecule has 234 valence electrons. The van der Waals surface area contributed by atoms with Crippen molar-refractivity contribution in [3.8, 4) is 0 Å². The largest absolute Gasteiger partial charge is 0.483 e. The molecule has 3 aliphatic heterocycles. The zero-order chi connectivity index (χ0) is 31.3. The van der Waals surface area contributed by atoms with E-state index in [0.717, 1.165) is 42.2 Å². The number of carboxylic acid groups (broad SMARTS) is 2. The Labute approximate surface area is 255 Å². The quantitative estimate of drug-likeness (QED) is 0.395. The minimum absolute atomic E-state index is 0.101. The maximum absolute atomic E-state index is 13.7. The van der Waals surface area contributed by atoms with E-state index in [1.807, 2.05) is 4.90 Å². The van der Waals surface area contributed by atoms with E-state index < -0.39 is 40.5 Å². The van der Waals surface area contributed by atoms with E-state index in [2.05, 4.69) is 4.90 Å². The van der Waals surface area contributed by atoms with Gasteiger partial charge in [0.2, 0.25) is 21.8 Å². The molecule has 0 bridgehead atoms. The molecule has 2 amide bonds. The van der Waals surface area contributed by atoms with Crippen LogP contribution in [0.1, 0.15) is 39.0 Å². The third kappa shape index (κ3) is 7.28. The summed E-state index contributed by atoms with van der Waals surface area (Å²) in [7, 11) is -4.35. The molecule has 3 unspecified atom stereocenters. The Morgan fingerprint density at radius 2 is 1.70 bits per heavy atom. The molecular weight excluding hydrogens is 600 g/mol. The number of carbonyl (C=O) groups excluding carboxylic acids is 2. The lowest BCUT2D eigenvalue weighted by molar-refractivity contribution is -0.145. The molecule has 0 saturated carbocycles. The summed E-state index contributed by atoms with van der Waals surface area (Å²) in [5, 5.41) is 18.3. The molecule has 5 rings (SSSR count). The molecular formula is C29H37ClN4O8S. The van der Waals surface area contributed by atoms with Gasteiger partial charge < -0.3 is 24.9 Å². The van der Waals surface area contributed by atoms with E-state index in [-0.39, 0.29) is 36.3 Å². The van der Waals surface area contributed by atoms with Crippen LogP contribution in [0.2, 0.25) is 5.02 Å². The molecule has 0 aromatic heterocycles. The maximum Gasteiger partial charge on any atom is 0.318 e. The summed E-state index contributed by atoms with van der Waals surface area (Å²) in [6.45, 7) is 4.29. The molecule has 3 saturated heterocycles. The number of sulfonamides is 1. The van der Waals surface area contributed by atoms with Crippen molar-refractivity contribution in [1.82, 2.24) is 19.0 Å². The number of benzene rings is 2. The summed E-state index contributed by atoms with van der Waals surface area (Å²) >= 11 is 6.04. The number of aliphatic carboxylic acids is 1. The van der Waals surface area contributed by atoms with Crippen molar-refractivity contribution in [3.05, 3.63) is 41.4 Å². The van der Waals surface area contributed by atoms with E-state index in [9.17, 15) is 27.9 Å². The zero-order valence-corrected chi connectivity index (χ0v) is 25.5. The first kappa shape index (κ1) is 32.6. The predicted octanol–water partition coefficient (Wildman–Crippen LogP) is 2.35. The van der Waals surface area contributed by atoms with Crippen LogP contribution in [0.4, 0.5) is 0 Å². The van der Waals surface area contributed by atoms with Gasteiger partial charge in [0.25, 0.3) is 6.47 Å². The average molecular weight is 637 g/mol. The lowest BCUT2D eigenvalue weighted by Gasteiger charge is -2.33.